The molecule has 0 saturated heterocycles. The number of furan rings is 1. The lowest BCUT2D eigenvalue weighted by Gasteiger charge is -2.07. The summed E-state index contributed by atoms with van der Waals surface area (Å²) < 4.78 is 6.52. The van der Waals surface area contributed by atoms with Gasteiger partial charge in [-0.15, -0.1) is 0 Å². The molecule has 0 N–H and O–H groups in total. The van der Waals surface area contributed by atoms with Gasteiger partial charge in [-0.3, -0.25) is 0 Å². The Bertz CT molecular complexity index is 1540. The lowest BCUT2D eigenvalue weighted by Crippen LogP contribution is -1.82. The molecular weight excluding hydrogens is 364 g/mol. The highest BCUT2D eigenvalue weighted by Gasteiger charge is 2.16. The van der Waals surface area contributed by atoms with E-state index in [0.717, 1.165) is 16.7 Å². The molecule has 0 aliphatic carbocycles. The van der Waals surface area contributed by atoms with Gasteiger partial charge in [-0.05, 0) is 52.1 Å². The van der Waals surface area contributed by atoms with Crippen molar-refractivity contribution in [3.05, 3.63) is 109 Å². The van der Waals surface area contributed by atoms with Crippen molar-refractivity contribution in [3.63, 3.8) is 0 Å². The average Bonchev–Trinajstić information content (AvgIpc) is 3.21. The van der Waals surface area contributed by atoms with E-state index >= 15 is 0 Å². The van der Waals surface area contributed by atoms with Crippen LogP contribution in [0.3, 0.4) is 0 Å². The average molecular weight is 384 g/mol. The third-order valence-electron chi connectivity index (χ3n) is 5.96. The van der Waals surface area contributed by atoms with E-state index in [1.807, 2.05) is 0 Å². The maximum atomic E-state index is 6.52. The Kier molecular flexibility index (Phi) is 3.75. The van der Waals surface area contributed by atoms with Crippen LogP contribution in [0, 0.1) is 6.92 Å². The van der Waals surface area contributed by atoms with Crippen LogP contribution in [0.2, 0.25) is 0 Å². The maximum Gasteiger partial charge on any atom is 0.143 e. The van der Waals surface area contributed by atoms with Crippen molar-refractivity contribution in [2.24, 2.45) is 0 Å². The highest BCUT2D eigenvalue weighted by Crippen LogP contribution is 2.41. The zero-order valence-corrected chi connectivity index (χ0v) is 16.7. The van der Waals surface area contributed by atoms with Crippen LogP contribution in [-0.2, 0) is 0 Å². The van der Waals surface area contributed by atoms with Gasteiger partial charge in [-0.2, -0.15) is 0 Å². The molecular formula is C29H20O. The molecule has 0 unspecified atom stereocenters. The predicted octanol–water partition coefficient (Wildman–Crippen LogP) is 8.38. The summed E-state index contributed by atoms with van der Waals surface area (Å²) in [5.41, 5.74) is 7.84. The normalized spacial score (nSPS) is 11.5. The van der Waals surface area contributed by atoms with Crippen molar-refractivity contribution in [2.75, 3.05) is 0 Å². The van der Waals surface area contributed by atoms with Crippen molar-refractivity contribution in [2.45, 2.75) is 6.92 Å². The van der Waals surface area contributed by atoms with Crippen LogP contribution in [0.5, 0.6) is 0 Å². The zero-order chi connectivity index (χ0) is 20.1. The Labute approximate surface area is 175 Å². The first-order valence-electron chi connectivity index (χ1n) is 10.3. The number of benzene rings is 5. The molecule has 0 radical (unpaired) electrons. The van der Waals surface area contributed by atoms with Gasteiger partial charge in [0.2, 0.25) is 0 Å². The minimum Gasteiger partial charge on any atom is -0.455 e. The number of hydrogen-bond acceptors (Lipinski definition) is 1. The van der Waals surface area contributed by atoms with Crippen LogP contribution in [0.15, 0.2) is 108 Å². The fraction of sp³-hybridized carbons (Fsp3) is 0.0345. The summed E-state index contributed by atoms with van der Waals surface area (Å²) in [7, 11) is 0. The third-order valence-corrected chi connectivity index (χ3v) is 5.96. The summed E-state index contributed by atoms with van der Waals surface area (Å²) in [6.45, 7) is 2.13. The second-order valence-corrected chi connectivity index (χ2v) is 7.85. The Morgan fingerprint density at radius 2 is 1.23 bits per heavy atom. The fourth-order valence-electron chi connectivity index (χ4n) is 4.54. The summed E-state index contributed by atoms with van der Waals surface area (Å²) in [5.74, 6) is 0. The SMILES string of the molecule is Cc1cc2ccccc2c2c1oc1c(-c3cccc(-c4ccccc4)c3)cccc12. The second kappa shape index (κ2) is 6.60. The summed E-state index contributed by atoms with van der Waals surface area (Å²) in [5, 5.41) is 4.88. The standard InChI is InChI=1S/C29H20O/c1-19-17-22-11-5-6-14-24(22)27-26-16-8-15-25(29(26)30-28(19)27)23-13-7-12-21(18-23)20-9-3-2-4-10-20/h2-18H,1H3. The van der Waals surface area contributed by atoms with Gasteiger partial charge in [0.15, 0.2) is 0 Å². The number of rotatable bonds is 2. The van der Waals surface area contributed by atoms with Crippen LogP contribution in [-0.4, -0.2) is 0 Å². The summed E-state index contributed by atoms with van der Waals surface area (Å²) in [6, 6.07) is 36.5. The Hall–Kier alpha value is -3.84. The molecule has 5 aromatic carbocycles. The highest BCUT2D eigenvalue weighted by molar-refractivity contribution is 6.21. The largest absolute Gasteiger partial charge is 0.455 e. The van der Waals surface area contributed by atoms with E-state index in [-0.39, 0.29) is 0 Å². The molecule has 0 amide bonds. The van der Waals surface area contributed by atoms with Gasteiger partial charge >= 0.3 is 0 Å². The Morgan fingerprint density at radius 1 is 0.533 bits per heavy atom. The highest BCUT2D eigenvalue weighted by atomic mass is 16.3. The minimum atomic E-state index is 0.956. The van der Waals surface area contributed by atoms with Crippen LogP contribution in [0.1, 0.15) is 5.56 Å². The molecule has 0 atom stereocenters. The van der Waals surface area contributed by atoms with Crippen molar-refractivity contribution < 1.29 is 4.42 Å². The van der Waals surface area contributed by atoms with Crippen molar-refractivity contribution in [1.29, 1.82) is 0 Å². The van der Waals surface area contributed by atoms with Crippen molar-refractivity contribution in [1.82, 2.24) is 0 Å². The van der Waals surface area contributed by atoms with Crippen LogP contribution in [0.25, 0.3) is 55.0 Å². The molecule has 1 heterocycles. The molecule has 0 spiro atoms. The predicted molar refractivity (Wildman–Crippen MR) is 127 cm³/mol. The van der Waals surface area contributed by atoms with E-state index in [2.05, 4.69) is 110 Å². The first kappa shape index (κ1) is 17.1. The Morgan fingerprint density at radius 3 is 2.13 bits per heavy atom. The van der Waals surface area contributed by atoms with Crippen LogP contribution in [0.4, 0.5) is 0 Å². The second-order valence-electron chi connectivity index (χ2n) is 7.85. The molecule has 1 aromatic heterocycles. The molecule has 0 aliphatic rings. The van der Waals surface area contributed by atoms with Crippen molar-refractivity contribution >= 4 is 32.7 Å². The number of hydrogen-bond donors (Lipinski definition) is 0. The third kappa shape index (κ3) is 2.56. The molecule has 30 heavy (non-hydrogen) atoms. The van der Waals surface area contributed by atoms with Gasteiger partial charge in [0.25, 0.3) is 0 Å². The van der Waals surface area contributed by atoms with Gasteiger partial charge in [-0.1, -0.05) is 91.0 Å². The lowest BCUT2D eigenvalue weighted by atomic mass is 9.96. The molecule has 0 fully saturated rings. The summed E-state index contributed by atoms with van der Waals surface area (Å²) >= 11 is 0. The van der Waals surface area contributed by atoms with Gasteiger partial charge in [0.1, 0.15) is 11.2 Å². The van der Waals surface area contributed by atoms with E-state index in [4.69, 9.17) is 4.42 Å². The smallest absolute Gasteiger partial charge is 0.143 e. The van der Waals surface area contributed by atoms with Gasteiger partial charge in [-0.25, -0.2) is 0 Å². The zero-order valence-electron chi connectivity index (χ0n) is 16.7. The molecule has 0 aliphatic heterocycles. The molecule has 0 bridgehead atoms. The number of aryl methyl sites for hydroxylation is 1. The quantitative estimate of drug-likeness (QED) is 0.292. The van der Waals surface area contributed by atoms with E-state index in [0.29, 0.717) is 0 Å². The first-order valence-corrected chi connectivity index (χ1v) is 10.3. The van der Waals surface area contributed by atoms with E-state index in [1.165, 1.54) is 43.8 Å². The van der Waals surface area contributed by atoms with Crippen LogP contribution < -0.4 is 0 Å². The van der Waals surface area contributed by atoms with E-state index in [9.17, 15) is 0 Å². The van der Waals surface area contributed by atoms with Crippen LogP contribution >= 0.6 is 0 Å². The van der Waals surface area contributed by atoms with Gasteiger partial charge < -0.3 is 4.42 Å². The minimum absolute atomic E-state index is 0.956. The monoisotopic (exact) mass is 384 g/mol. The van der Waals surface area contributed by atoms with Crippen molar-refractivity contribution in [3.8, 4) is 22.3 Å². The molecule has 142 valence electrons. The van der Waals surface area contributed by atoms with Gasteiger partial charge in [0.05, 0.1) is 0 Å². The first-order chi connectivity index (χ1) is 14.8. The molecule has 1 heteroatoms. The number of para-hydroxylation sites is 1. The van der Waals surface area contributed by atoms with E-state index in [1.54, 1.807) is 0 Å². The molecule has 1 nitrogen and oxygen atoms in total. The topological polar surface area (TPSA) is 13.1 Å². The fourth-order valence-corrected chi connectivity index (χ4v) is 4.54. The molecule has 0 saturated carbocycles. The van der Waals surface area contributed by atoms with Gasteiger partial charge in [0, 0.05) is 16.3 Å². The number of fused-ring (bicyclic) bond motifs is 5. The Balaban J connectivity index is 1.65. The molecule has 6 rings (SSSR count). The molecule has 6 aromatic rings. The van der Waals surface area contributed by atoms with E-state index < -0.39 is 0 Å². The lowest BCUT2D eigenvalue weighted by molar-refractivity contribution is 0.667. The maximum absolute atomic E-state index is 6.52. The summed E-state index contributed by atoms with van der Waals surface area (Å²) in [6.07, 6.45) is 0. The summed E-state index contributed by atoms with van der Waals surface area (Å²) in [4.78, 5) is 0.